The maximum absolute atomic E-state index is 14.0. The highest BCUT2D eigenvalue weighted by Gasteiger charge is 2.33. The monoisotopic (exact) mass is 569 g/mol. The molecule has 3 aromatic rings. The van der Waals surface area contributed by atoms with Gasteiger partial charge in [0, 0.05) is 18.5 Å². The molecule has 3 rings (SSSR count). The van der Waals surface area contributed by atoms with Crippen molar-refractivity contribution in [2.24, 2.45) is 0 Å². The molecule has 2 amide bonds. The van der Waals surface area contributed by atoms with Crippen LogP contribution in [0.4, 0.5) is 5.69 Å². The number of sulfonamides is 1. The van der Waals surface area contributed by atoms with Crippen LogP contribution in [0, 0.1) is 6.92 Å². The smallest absolute Gasteiger partial charge is 0.264 e. The van der Waals surface area contributed by atoms with Crippen LogP contribution >= 0.6 is 11.8 Å². The molecule has 0 saturated heterocycles. The van der Waals surface area contributed by atoms with Gasteiger partial charge < -0.3 is 15.0 Å². The summed E-state index contributed by atoms with van der Waals surface area (Å²) in [7, 11) is -2.68. The molecule has 8 nitrogen and oxygen atoms in total. The molecule has 0 spiro atoms. The fraction of sp³-hybridized carbons (Fsp3) is 0.310. The molecule has 208 valence electrons. The third kappa shape index (κ3) is 7.33. The number of thioether (sulfide) groups is 1. The Morgan fingerprint density at radius 2 is 1.72 bits per heavy atom. The summed E-state index contributed by atoms with van der Waals surface area (Å²) in [4.78, 5) is 28.9. The number of hydrogen-bond donors (Lipinski definition) is 1. The molecular weight excluding hydrogens is 534 g/mol. The fourth-order valence-electron chi connectivity index (χ4n) is 4.13. The van der Waals surface area contributed by atoms with Crippen molar-refractivity contribution in [1.29, 1.82) is 0 Å². The SMILES string of the molecule is CCOc1ccccc1N(CC(=O)N(Cc1cccc(C)c1)C(C)C(=O)NC)S(=O)(=O)c1ccc(SC)cc1. The zero-order valence-electron chi connectivity index (χ0n) is 22.9. The van der Waals surface area contributed by atoms with E-state index in [-0.39, 0.29) is 23.0 Å². The van der Waals surface area contributed by atoms with Gasteiger partial charge in [0.05, 0.1) is 17.2 Å². The fourth-order valence-corrected chi connectivity index (χ4v) is 5.96. The molecule has 0 heterocycles. The molecule has 1 unspecified atom stereocenters. The van der Waals surface area contributed by atoms with Gasteiger partial charge in [0.2, 0.25) is 11.8 Å². The van der Waals surface area contributed by atoms with E-state index in [0.717, 1.165) is 20.3 Å². The van der Waals surface area contributed by atoms with Gasteiger partial charge in [0.15, 0.2) is 0 Å². The Balaban J connectivity index is 2.09. The van der Waals surface area contributed by atoms with Gasteiger partial charge in [-0.25, -0.2) is 8.42 Å². The minimum Gasteiger partial charge on any atom is -0.492 e. The number of carbonyl (C=O) groups excluding carboxylic acids is 2. The lowest BCUT2D eigenvalue weighted by atomic mass is 10.1. The molecule has 39 heavy (non-hydrogen) atoms. The number of likely N-dealkylation sites (N-methyl/N-ethyl adjacent to an activating group) is 1. The number of carbonyl (C=O) groups is 2. The molecule has 3 aromatic carbocycles. The molecule has 0 aromatic heterocycles. The van der Waals surface area contributed by atoms with Gasteiger partial charge in [-0.3, -0.25) is 13.9 Å². The zero-order chi connectivity index (χ0) is 28.6. The Morgan fingerprint density at radius 1 is 1.03 bits per heavy atom. The molecule has 0 aliphatic heterocycles. The van der Waals surface area contributed by atoms with Crippen LogP contribution in [-0.2, 0) is 26.2 Å². The minimum atomic E-state index is -4.18. The van der Waals surface area contributed by atoms with Crippen molar-refractivity contribution in [2.45, 2.75) is 43.1 Å². The van der Waals surface area contributed by atoms with E-state index in [1.807, 2.05) is 37.4 Å². The quantitative estimate of drug-likeness (QED) is 0.323. The summed E-state index contributed by atoms with van der Waals surface area (Å²) in [6.07, 6.45) is 1.91. The summed E-state index contributed by atoms with van der Waals surface area (Å²) in [5.74, 6) is -0.544. The number of para-hydroxylation sites is 2. The zero-order valence-corrected chi connectivity index (χ0v) is 24.5. The Labute approximate surface area is 235 Å². The van der Waals surface area contributed by atoms with Crippen LogP contribution in [0.3, 0.4) is 0 Å². The molecular formula is C29H35N3O5S2. The number of rotatable bonds is 12. The van der Waals surface area contributed by atoms with Crippen LogP contribution < -0.4 is 14.4 Å². The van der Waals surface area contributed by atoms with Crippen LogP contribution in [0.15, 0.2) is 82.6 Å². The topological polar surface area (TPSA) is 96.0 Å². The highest BCUT2D eigenvalue weighted by atomic mass is 32.2. The molecule has 0 radical (unpaired) electrons. The van der Waals surface area contributed by atoms with Crippen LogP contribution in [0.25, 0.3) is 0 Å². The molecule has 0 aliphatic carbocycles. The summed E-state index contributed by atoms with van der Waals surface area (Å²) in [6.45, 7) is 5.30. The second-order valence-electron chi connectivity index (χ2n) is 8.89. The van der Waals surface area contributed by atoms with Crippen molar-refractivity contribution in [3.05, 3.63) is 83.9 Å². The molecule has 1 atom stereocenters. The van der Waals surface area contributed by atoms with E-state index in [0.29, 0.717) is 12.4 Å². The summed E-state index contributed by atoms with van der Waals surface area (Å²) in [5, 5.41) is 2.59. The van der Waals surface area contributed by atoms with Crippen molar-refractivity contribution in [1.82, 2.24) is 10.2 Å². The van der Waals surface area contributed by atoms with E-state index in [1.165, 1.54) is 35.8 Å². The lowest BCUT2D eigenvalue weighted by Gasteiger charge is -2.32. The van der Waals surface area contributed by atoms with Crippen molar-refractivity contribution in [3.63, 3.8) is 0 Å². The van der Waals surface area contributed by atoms with Gasteiger partial charge in [-0.15, -0.1) is 11.8 Å². The maximum Gasteiger partial charge on any atom is 0.264 e. The first kappa shape index (κ1) is 30.0. The normalized spacial score (nSPS) is 11.9. The number of nitrogens with zero attached hydrogens (tertiary/aromatic N) is 2. The highest BCUT2D eigenvalue weighted by molar-refractivity contribution is 7.98. The van der Waals surface area contributed by atoms with Crippen molar-refractivity contribution in [3.8, 4) is 5.75 Å². The second-order valence-corrected chi connectivity index (χ2v) is 11.6. The van der Waals surface area contributed by atoms with Gasteiger partial charge in [-0.2, -0.15) is 0 Å². The van der Waals surface area contributed by atoms with E-state index in [9.17, 15) is 18.0 Å². The van der Waals surface area contributed by atoms with Gasteiger partial charge in [0.25, 0.3) is 10.0 Å². The van der Waals surface area contributed by atoms with Crippen LogP contribution in [-0.4, -0.2) is 57.6 Å². The van der Waals surface area contributed by atoms with E-state index in [4.69, 9.17) is 4.74 Å². The maximum atomic E-state index is 14.0. The van der Waals surface area contributed by atoms with E-state index < -0.39 is 28.5 Å². The summed E-state index contributed by atoms with van der Waals surface area (Å²) in [6, 6.07) is 20.0. The number of ether oxygens (including phenoxy) is 1. The van der Waals surface area contributed by atoms with E-state index >= 15 is 0 Å². The lowest BCUT2D eigenvalue weighted by Crippen LogP contribution is -2.50. The molecule has 0 bridgehead atoms. The van der Waals surface area contributed by atoms with E-state index in [1.54, 1.807) is 50.2 Å². The Kier molecular flexibility index (Phi) is 10.4. The van der Waals surface area contributed by atoms with Crippen molar-refractivity contribution in [2.75, 3.05) is 30.8 Å². The van der Waals surface area contributed by atoms with Crippen LogP contribution in [0.5, 0.6) is 5.75 Å². The Morgan fingerprint density at radius 3 is 2.33 bits per heavy atom. The Bertz CT molecular complexity index is 1390. The largest absolute Gasteiger partial charge is 0.492 e. The van der Waals surface area contributed by atoms with Crippen molar-refractivity contribution < 1.29 is 22.7 Å². The first-order valence-corrected chi connectivity index (χ1v) is 15.2. The third-order valence-corrected chi connectivity index (χ3v) is 8.73. The predicted octanol–water partition coefficient (Wildman–Crippen LogP) is 4.47. The standard InChI is InChI=1S/C29H35N3O5S2/c1-6-37-27-13-8-7-12-26(27)32(39(35,36)25-16-14-24(38-5)15-17-25)20-28(33)31(22(3)29(34)30-4)19-23-11-9-10-21(2)18-23/h7-18,22H,6,19-20H2,1-5H3,(H,30,34). The molecule has 10 heteroatoms. The average Bonchev–Trinajstić information content (AvgIpc) is 2.94. The number of nitrogens with one attached hydrogen (secondary N) is 1. The van der Waals surface area contributed by atoms with Crippen LogP contribution in [0.2, 0.25) is 0 Å². The van der Waals surface area contributed by atoms with Gasteiger partial charge >= 0.3 is 0 Å². The predicted molar refractivity (Wildman–Crippen MR) is 156 cm³/mol. The van der Waals surface area contributed by atoms with Gasteiger partial charge in [0.1, 0.15) is 18.3 Å². The number of aryl methyl sites for hydroxylation is 1. The number of hydrogen-bond acceptors (Lipinski definition) is 6. The second kappa shape index (κ2) is 13.5. The lowest BCUT2D eigenvalue weighted by molar-refractivity contribution is -0.139. The van der Waals surface area contributed by atoms with Crippen molar-refractivity contribution >= 4 is 39.3 Å². The molecule has 0 saturated carbocycles. The number of anilines is 1. The third-order valence-electron chi connectivity index (χ3n) is 6.21. The first-order chi connectivity index (χ1) is 18.6. The summed E-state index contributed by atoms with van der Waals surface area (Å²) < 4.78 is 34.9. The molecule has 0 fully saturated rings. The van der Waals surface area contributed by atoms with Gasteiger partial charge in [-0.1, -0.05) is 42.0 Å². The number of amides is 2. The summed E-state index contributed by atoms with van der Waals surface area (Å²) in [5.41, 5.74) is 2.08. The minimum absolute atomic E-state index is 0.0454. The average molecular weight is 570 g/mol. The molecule has 1 N–H and O–H groups in total. The number of benzene rings is 3. The highest BCUT2D eigenvalue weighted by Crippen LogP contribution is 2.33. The van der Waals surface area contributed by atoms with E-state index in [2.05, 4.69) is 5.32 Å². The Hall–Kier alpha value is -3.50. The molecule has 0 aliphatic rings. The van der Waals surface area contributed by atoms with Gasteiger partial charge in [-0.05, 0) is 69.0 Å². The summed E-state index contributed by atoms with van der Waals surface area (Å²) >= 11 is 1.50. The van der Waals surface area contributed by atoms with Crippen LogP contribution in [0.1, 0.15) is 25.0 Å². The first-order valence-electron chi connectivity index (χ1n) is 12.6.